The molecule has 4 nitrogen and oxygen atoms in total. The third kappa shape index (κ3) is 4.74. The quantitative estimate of drug-likeness (QED) is 0.407. The highest BCUT2D eigenvalue weighted by atomic mass is 35.5. The van der Waals surface area contributed by atoms with Crippen LogP contribution in [0.25, 0.3) is 23.4 Å². The Morgan fingerprint density at radius 3 is 2.33 bits per heavy atom. The molecule has 0 amide bonds. The van der Waals surface area contributed by atoms with E-state index in [1.165, 1.54) is 31.4 Å². The third-order valence-corrected chi connectivity index (χ3v) is 5.74. The van der Waals surface area contributed by atoms with Crippen LogP contribution in [-0.4, -0.2) is 12.1 Å². The molecule has 3 rings (SSSR count). The van der Waals surface area contributed by atoms with Crippen LogP contribution in [0.3, 0.4) is 0 Å². The Labute approximate surface area is 198 Å². The summed E-state index contributed by atoms with van der Waals surface area (Å²) in [5.74, 6) is 0.578. The van der Waals surface area contributed by atoms with Crippen LogP contribution in [0.1, 0.15) is 43.2 Å². The van der Waals surface area contributed by atoms with Crippen LogP contribution in [-0.2, 0) is 5.41 Å². The van der Waals surface area contributed by atoms with Crippen molar-refractivity contribution in [2.24, 2.45) is 0 Å². The maximum Gasteiger partial charge on any atom is 0.208 e. The van der Waals surface area contributed by atoms with Crippen LogP contribution in [0.4, 0.5) is 4.39 Å². The van der Waals surface area contributed by atoms with Gasteiger partial charge in [0, 0.05) is 22.9 Å². The van der Waals surface area contributed by atoms with Gasteiger partial charge in [-0.05, 0) is 47.7 Å². The fourth-order valence-electron chi connectivity index (χ4n) is 3.58. The molecule has 0 bridgehead atoms. The molecule has 0 spiro atoms. The van der Waals surface area contributed by atoms with Crippen LogP contribution in [0, 0.1) is 12.7 Å². The second-order valence-electron chi connectivity index (χ2n) is 8.69. The van der Waals surface area contributed by atoms with E-state index in [4.69, 9.17) is 21.1 Å². The van der Waals surface area contributed by atoms with Gasteiger partial charge in [-0.15, -0.1) is 0 Å². The predicted octanol–water partition coefficient (Wildman–Crippen LogP) is 7.53. The van der Waals surface area contributed by atoms with Crippen LogP contribution < -0.4 is 14.9 Å². The highest BCUT2D eigenvalue weighted by Gasteiger charge is 2.24. The number of aromatic nitrogens is 1. The summed E-state index contributed by atoms with van der Waals surface area (Å²) in [6.07, 6.45) is 2.99. The van der Waals surface area contributed by atoms with Gasteiger partial charge in [0.2, 0.25) is 5.43 Å². The van der Waals surface area contributed by atoms with Crippen LogP contribution in [0.15, 0.2) is 48.3 Å². The number of ether oxygens (including phenoxy) is 2. The Bertz CT molecular complexity index is 1300. The number of rotatable bonds is 6. The molecule has 0 aliphatic heterocycles. The van der Waals surface area contributed by atoms with Crippen LogP contribution in [0.2, 0.25) is 5.02 Å². The number of aryl methyl sites for hydroxylation is 1. The SMILES string of the molecule is C=Cc1[nH]c(-c2c(C)cc(C(C)(C)C)cc2Oc2ccc(F)cc2OC)c(Cl)c(=O)c1C=C. The lowest BCUT2D eigenvalue weighted by Gasteiger charge is -2.24. The zero-order valence-corrected chi connectivity index (χ0v) is 20.2. The van der Waals surface area contributed by atoms with E-state index in [1.54, 1.807) is 6.08 Å². The van der Waals surface area contributed by atoms with Gasteiger partial charge >= 0.3 is 0 Å². The average Bonchev–Trinajstić information content (AvgIpc) is 2.76. The minimum Gasteiger partial charge on any atom is -0.493 e. The Hall–Kier alpha value is -3.31. The Morgan fingerprint density at radius 2 is 1.76 bits per heavy atom. The molecule has 0 radical (unpaired) electrons. The number of methoxy groups -OCH3 is 1. The number of pyridine rings is 1. The van der Waals surface area contributed by atoms with E-state index in [0.717, 1.165) is 11.1 Å². The van der Waals surface area contributed by atoms with Gasteiger partial charge in [-0.25, -0.2) is 4.39 Å². The van der Waals surface area contributed by atoms with E-state index in [9.17, 15) is 9.18 Å². The molecule has 2 aromatic carbocycles. The summed E-state index contributed by atoms with van der Waals surface area (Å²) < 4.78 is 25.3. The number of hydrogen-bond acceptors (Lipinski definition) is 3. The summed E-state index contributed by atoms with van der Waals surface area (Å²) in [5, 5.41) is 0.0121. The van der Waals surface area contributed by atoms with Gasteiger partial charge in [0.05, 0.1) is 12.8 Å². The lowest BCUT2D eigenvalue weighted by Crippen LogP contribution is -2.14. The molecule has 3 aromatic rings. The van der Waals surface area contributed by atoms with E-state index >= 15 is 0 Å². The molecule has 0 aliphatic carbocycles. The highest BCUT2D eigenvalue weighted by molar-refractivity contribution is 6.33. The number of halogens is 2. The van der Waals surface area contributed by atoms with Crippen molar-refractivity contribution in [3.05, 3.63) is 86.9 Å². The van der Waals surface area contributed by atoms with E-state index in [-0.39, 0.29) is 21.6 Å². The van der Waals surface area contributed by atoms with Crippen LogP contribution >= 0.6 is 11.6 Å². The molecule has 1 N–H and O–H groups in total. The first-order valence-corrected chi connectivity index (χ1v) is 10.8. The minimum absolute atomic E-state index is 0.0121. The first-order chi connectivity index (χ1) is 15.5. The van der Waals surface area contributed by atoms with Gasteiger partial charge in [0.15, 0.2) is 11.5 Å². The summed E-state index contributed by atoms with van der Waals surface area (Å²) in [4.78, 5) is 16.2. The molecule has 0 atom stereocenters. The predicted molar refractivity (Wildman–Crippen MR) is 134 cm³/mol. The van der Waals surface area contributed by atoms with Crippen molar-refractivity contribution in [1.29, 1.82) is 0 Å². The summed E-state index contributed by atoms with van der Waals surface area (Å²) >= 11 is 6.54. The number of H-pyrrole nitrogens is 1. The first-order valence-electron chi connectivity index (χ1n) is 10.4. The molecule has 0 fully saturated rings. The normalized spacial score (nSPS) is 11.2. The van der Waals surface area contributed by atoms with Gasteiger partial charge in [-0.1, -0.05) is 57.7 Å². The molecule has 0 saturated carbocycles. The molecule has 0 saturated heterocycles. The first kappa shape index (κ1) is 24.3. The molecule has 1 heterocycles. The molecule has 0 aliphatic rings. The molecular formula is C27H27ClFNO3. The molecular weight excluding hydrogens is 441 g/mol. The lowest BCUT2D eigenvalue weighted by molar-refractivity contribution is 0.375. The number of nitrogens with one attached hydrogen (secondary N) is 1. The van der Waals surface area contributed by atoms with Gasteiger partial charge in [0.25, 0.3) is 0 Å². The fourth-order valence-corrected chi connectivity index (χ4v) is 3.82. The second kappa shape index (κ2) is 9.28. The molecule has 172 valence electrons. The van der Waals surface area contributed by atoms with Gasteiger partial charge in [-0.3, -0.25) is 4.79 Å². The van der Waals surface area contributed by atoms with Crippen LogP contribution in [0.5, 0.6) is 17.2 Å². The zero-order valence-electron chi connectivity index (χ0n) is 19.4. The standard InChI is InChI=1S/C27H27ClFNO3/c1-8-18-19(9-2)30-25(24(28)26(18)31)23-15(3)12-16(27(4,5)6)13-22(23)33-20-11-10-17(29)14-21(20)32-7/h8-14H,1-2H2,3-7H3,(H,30,31). The molecule has 0 unspecified atom stereocenters. The Kier molecular flexibility index (Phi) is 6.84. The minimum atomic E-state index is -0.443. The van der Waals surface area contributed by atoms with E-state index in [1.807, 2.05) is 19.1 Å². The van der Waals surface area contributed by atoms with Gasteiger partial charge in [-0.2, -0.15) is 0 Å². The average molecular weight is 468 g/mol. The lowest BCUT2D eigenvalue weighted by atomic mass is 9.84. The smallest absolute Gasteiger partial charge is 0.208 e. The highest BCUT2D eigenvalue weighted by Crippen LogP contribution is 2.43. The van der Waals surface area contributed by atoms with Gasteiger partial charge < -0.3 is 14.5 Å². The van der Waals surface area contributed by atoms with Crippen molar-refractivity contribution >= 4 is 23.8 Å². The maximum atomic E-state index is 13.7. The van der Waals surface area contributed by atoms with Crippen molar-refractivity contribution in [3.63, 3.8) is 0 Å². The van der Waals surface area contributed by atoms with Crippen molar-refractivity contribution in [2.45, 2.75) is 33.1 Å². The Balaban J connectivity index is 2.36. The molecule has 6 heteroatoms. The molecule has 33 heavy (non-hydrogen) atoms. The van der Waals surface area contributed by atoms with Crippen molar-refractivity contribution in [1.82, 2.24) is 4.98 Å². The number of aromatic amines is 1. The summed E-state index contributed by atoms with van der Waals surface area (Å²) in [6.45, 7) is 15.7. The topological polar surface area (TPSA) is 51.3 Å². The summed E-state index contributed by atoms with van der Waals surface area (Å²) in [6, 6.07) is 7.97. The van der Waals surface area contributed by atoms with Crippen molar-refractivity contribution in [2.75, 3.05) is 7.11 Å². The number of benzene rings is 2. The van der Waals surface area contributed by atoms with Crippen molar-refractivity contribution < 1.29 is 13.9 Å². The van der Waals surface area contributed by atoms with E-state index in [2.05, 4.69) is 38.9 Å². The summed E-state index contributed by atoms with van der Waals surface area (Å²) in [7, 11) is 1.44. The van der Waals surface area contributed by atoms with Gasteiger partial charge in [0.1, 0.15) is 16.6 Å². The second-order valence-corrected chi connectivity index (χ2v) is 9.07. The van der Waals surface area contributed by atoms with Crippen molar-refractivity contribution in [3.8, 4) is 28.5 Å². The Morgan fingerprint density at radius 1 is 1.06 bits per heavy atom. The summed E-state index contributed by atoms with van der Waals surface area (Å²) in [5.41, 5.74) is 3.17. The van der Waals surface area contributed by atoms with E-state index in [0.29, 0.717) is 34.0 Å². The maximum absolute atomic E-state index is 13.7. The fraction of sp³-hybridized carbons (Fsp3) is 0.222. The van der Waals surface area contributed by atoms with E-state index < -0.39 is 5.82 Å². The monoisotopic (exact) mass is 467 g/mol. The number of hydrogen-bond donors (Lipinski definition) is 1. The third-order valence-electron chi connectivity index (χ3n) is 5.38. The largest absolute Gasteiger partial charge is 0.493 e. The zero-order chi connectivity index (χ0) is 24.5. The molecule has 1 aromatic heterocycles.